The molecule has 3 unspecified atom stereocenters. The van der Waals surface area contributed by atoms with Gasteiger partial charge in [0.25, 0.3) is 0 Å². The molecule has 1 aliphatic heterocycles. The van der Waals surface area contributed by atoms with Gasteiger partial charge in [0.15, 0.2) is 0 Å². The van der Waals surface area contributed by atoms with Crippen LogP contribution in [0.5, 0.6) is 0 Å². The van der Waals surface area contributed by atoms with Gasteiger partial charge in [0.2, 0.25) is 0 Å². The summed E-state index contributed by atoms with van der Waals surface area (Å²) in [7, 11) is 0. The molecule has 0 aromatic carbocycles. The van der Waals surface area contributed by atoms with E-state index in [-0.39, 0.29) is 6.10 Å². The number of aliphatic hydroxyl groups excluding tert-OH is 1. The Bertz CT molecular complexity index is 274. The molecule has 0 radical (unpaired) electrons. The second-order valence-electron chi connectivity index (χ2n) is 7.51. The molecule has 2 heteroatoms. The Hall–Kier alpha value is -0.0800. The van der Waals surface area contributed by atoms with E-state index in [4.69, 9.17) is 0 Å². The number of hydrogen-bond acceptors (Lipinski definition) is 2. The summed E-state index contributed by atoms with van der Waals surface area (Å²) in [6.45, 7) is 11.7. The molecule has 3 atom stereocenters. The second-order valence-corrected chi connectivity index (χ2v) is 7.51. The van der Waals surface area contributed by atoms with Crippen LogP contribution in [0.25, 0.3) is 0 Å². The van der Waals surface area contributed by atoms with Crippen LogP contribution >= 0.6 is 0 Å². The first-order chi connectivity index (χ1) is 8.40. The van der Waals surface area contributed by atoms with Crippen LogP contribution in [0.3, 0.4) is 0 Å². The first kappa shape index (κ1) is 14.3. The third-order valence-corrected chi connectivity index (χ3v) is 5.45. The maximum Gasteiger partial charge on any atom is 0.0580 e. The highest BCUT2D eigenvalue weighted by Crippen LogP contribution is 2.37. The lowest BCUT2D eigenvalue weighted by molar-refractivity contribution is 0.00789. The molecule has 0 aromatic rings. The highest BCUT2D eigenvalue weighted by atomic mass is 16.3. The summed E-state index contributed by atoms with van der Waals surface area (Å²) in [5.41, 5.74) is 0.352. The second kappa shape index (κ2) is 5.50. The summed E-state index contributed by atoms with van der Waals surface area (Å²) < 4.78 is 0. The zero-order valence-corrected chi connectivity index (χ0v) is 12.7. The molecule has 2 nitrogen and oxygen atoms in total. The van der Waals surface area contributed by atoms with E-state index >= 15 is 0 Å². The van der Waals surface area contributed by atoms with Gasteiger partial charge in [-0.3, -0.25) is 4.90 Å². The topological polar surface area (TPSA) is 23.5 Å². The van der Waals surface area contributed by atoms with Crippen molar-refractivity contribution in [2.24, 2.45) is 17.8 Å². The minimum Gasteiger partial charge on any atom is -0.393 e. The van der Waals surface area contributed by atoms with E-state index in [0.29, 0.717) is 11.5 Å². The molecule has 1 N–H and O–H groups in total. The van der Waals surface area contributed by atoms with Crippen LogP contribution in [0, 0.1) is 17.8 Å². The van der Waals surface area contributed by atoms with Crippen molar-refractivity contribution in [2.75, 3.05) is 13.1 Å². The average molecular weight is 253 g/mol. The first-order valence-electron chi connectivity index (χ1n) is 7.83. The van der Waals surface area contributed by atoms with Crippen molar-refractivity contribution in [1.29, 1.82) is 0 Å². The fourth-order valence-corrected chi connectivity index (χ4v) is 3.87. The Kier molecular flexibility index (Phi) is 4.38. The van der Waals surface area contributed by atoms with Crippen LogP contribution in [-0.2, 0) is 0 Å². The molecule has 1 saturated carbocycles. The van der Waals surface area contributed by atoms with Crippen molar-refractivity contribution in [3.63, 3.8) is 0 Å². The molecule has 0 bridgehead atoms. The van der Waals surface area contributed by atoms with E-state index < -0.39 is 0 Å². The Morgan fingerprint density at radius 3 is 2.56 bits per heavy atom. The van der Waals surface area contributed by atoms with Gasteiger partial charge in [-0.15, -0.1) is 0 Å². The number of nitrogens with zero attached hydrogens (tertiary/aromatic N) is 1. The molecule has 0 spiro atoms. The monoisotopic (exact) mass is 253 g/mol. The number of likely N-dealkylation sites (tertiary alicyclic amines) is 1. The van der Waals surface area contributed by atoms with Crippen molar-refractivity contribution >= 4 is 0 Å². The summed E-state index contributed by atoms with van der Waals surface area (Å²) >= 11 is 0. The van der Waals surface area contributed by atoms with Gasteiger partial charge in [-0.25, -0.2) is 0 Å². The standard InChI is InChI=1S/C16H31NO/c1-12(2)13-6-7-15(18)14(10-13)11-17-9-5-8-16(17,3)4/h12-15,18H,5-11H2,1-4H3. The van der Waals surface area contributed by atoms with Crippen LogP contribution in [0.1, 0.15) is 59.8 Å². The van der Waals surface area contributed by atoms with Gasteiger partial charge < -0.3 is 5.11 Å². The highest BCUT2D eigenvalue weighted by molar-refractivity contribution is 4.91. The van der Waals surface area contributed by atoms with E-state index in [2.05, 4.69) is 32.6 Å². The molecule has 1 aliphatic carbocycles. The molecule has 0 amide bonds. The molecule has 1 saturated heterocycles. The Morgan fingerprint density at radius 2 is 2.00 bits per heavy atom. The van der Waals surface area contributed by atoms with Crippen LogP contribution in [0.4, 0.5) is 0 Å². The molecule has 18 heavy (non-hydrogen) atoms. The van der Waals surface area contributed by atoms with Gasteiger partial charge in [0, 0.05) is 12.1 Å². The number of rotatable bonds is 3. The molecule has 106 valence electrons. The third kappa shape index (κ3) is 3.08. The maximum absolute atomic E-state index is 10.3. The number of hydrogen-bond donors (Lipinski definition) is 1. The fraction of sp³-hybridized carbons (Fsp3) is 1.00. The zero-order chi connectivity index (χ0) is 13.3. The van der Waals surface area contributed by atoms with Gasteiger partial charge in [-0.05, 0) is 70.3 Å². The highest BCUT2D eigenvalue weighted by Gasteiger charge is 2.37. The van der Waals surface area contributed by atoms with Crippen molar-refractivity contribution in [2.45, 2.75) is 71.4 Å². The van der Waals surface area contributed by atoms with Crippen LogP contribution in [-0.4, -0.2) is 34.7 Å². The molecule has 2 rings (SSSR count). The van der Waals surface area contributed by atoms with E-state index in [1.807, 2.05) is 0 Å². The van der Waals surface area contributed by atoms with Gasteiger partial charge >= 0.3 is 0 Å². The molecule has 1 heterocycles. The molecule has 0 aromatic heterocycles. The Morgan fingerprint density at radius 1 is 1.28 bits per heavy atom. The average Bonchev–Trinajstić information content (AvgIpc) is 2.61. The van der Waals surface area contributed by atoms with Crippen LogP contribution in [0.2, 0.25) is 0 Å². The smallest absolute Gasteiger partial charge is 0.0580 e. The normalized spacial score (nSPS) is 37.3. The lowest BCUT2D eigenvalue weighted by Crippen LogP contribution is -2.45. The lowest BCUT2D eigenvalue weighted by Gasteiger charge is -2.40. The Labute approximate surface area is 113 Å². The quantitative estimate of drug-likeness (QED) is 0.834. The fourth-order valence-electron chi connectivity index (χ4n) is 3.87. The van der Waals surface area contributed by atoms with E-state index in [1.165, 1.54) is 32.2 Å². The predicted octanol–water partition coefficient (Wildman–Crippen LogP) is 3.29. The van der Waals surface area contributed by atoms with Crippen molar-refractivity contribution in [1.82, 2.24) is 4.90 Å². The summed E-state index contributed by atoms with van der Waals surface area (Å²) in [5, 5.41) is 10.3. The first-order valence-corrected chi connectivity index (χ1v) is 7.83. The van der Waals surface area contributed by atoms with Crippen molar-refractivity contribution in [3.05, 3.63) is 0 Å². The van der Waals surface area contributed by atoms with E-state index in [1.54, 1.807) is 0 Å². The zero-order valence-electron chi connectivity index (χ0n) is 12.7. The van der Waals surface area contributed by atoms with E-state index in [0.717, 1.165) is 24.8 Å². The third-order valence-electron chi connectivity index (χ3n) is 5.45. The molecular formula is C16H31NO. The summed E-state index contributed by atoms with van der Waals surface area (Å²) in [6.07, 6.45) is 6.04. The van der Waals surface area contributed by atoms with Crippen LogP contribution < -0.4 is 0 Å². The van der Waals surface area contributed by atoms with Crippen molar-refractivity contribution < 1.29 is 5.11 Å². The van der Waals surface area contributed by atoms with Gasteiger partial charge in [0.05, 0.1) is 6.10 Å². The van der Waals surface area contributed by atoms with Crippen molar-refractivity contribution in [3.8, 4) is 0 Å². The summed E-state index contributed by atoms with van der Waals surface area (Å²) in [5.74, 6) is 2.10. The molecule has 2 fully saturated rings. The largest absolute Gasteiger partial charge is 0.393 e. The predicted molar refractivity (Wildman–Crippen MR) is 76.6 cm³/mol. The summed E-state index contributed by atoms with van der Waals surface area (Å²) in [6, 6.07) is 0. The minimum absolute atomic E-state index is 0.0589. The molecule has 2 aliphatic rings. The number of aliphatic hydroxyl groups is 1. The van der Waals surface area contributed by atoms with Gasteiger partial charge in [0.1, 0.15) is 0 Å². The lowest BCUT2D eigenvalue weighted by atomic mass is 9.74. The van der Waals surface area contributed by atoms with Gasteiger partial charge in [-0.2, -0.15) is 0 Å². The molecular weight excluding hydrogens is 222 g/mol. The van der Waals surface area contributed by atoms with E-state index in [9.17, 15) is 5.11 Å². The maximum atomic E-state index is 10.3. The summed E-state index contributed by atoms with van der Waals surface area (Å²) in [4.78, 5) is 2.61. The SMILES string of the molecule is CC(C)C1CCC(O)C(CN2CCCC2(C)C)C1. The van der Waals surface area contributed by atoms with Gasteiger partial charge in [-0.1, -0.05) is 13.8 Å². The minimum atomic E-state index is -0.0589. The van der Waals surface area contributed by atoms with Crippen LogP contribution in [0.15, 0.2) is 0 Å². The Balaban J connectivity index is 1.94.